The lowest BCUT2D eigenvalue weighted by Gasteiger charge is -2.18. The molecule has 0 spiro atoms. The molecule has 14 heavy (non-hydrogen) atoms. The van der Waals surface area contributed by atoms with Crippen LogP contribution in [0.4, 0.5) is 0 Å². The summed E-state index contributed by atoms with van der Waals surface area (Å²) in [6, 6.07) is 1.80. The Balaban J connectivity index is 3.21. The van der Waals surface area contributed by atoms with E-state index in [0.717, 1.165) is 5.69 Å². The Labute approximate surface area is 84.8 Å². The van der Waals surface area contributed by atoms with E-state index in [1.54, 1.807) is 17.0 Å². The van der Waals surface area contributed by atoms with E-state index in [4.69, 9.17) is 0 Å². The van der Waals surface area contributed by atoms with Gasteiger partial charge in [-0.15, -0.1) is 0 Å². The molecule has 0 radical (unpaired) electrons. The van der Waals surface area contributed by atoms with Crippen molar-refractivity contribution in [2.24, 2.45) is 0 Å². The van der Waals surface area contributed by atoms with Gasteiger partial charge < -0.3 is 0 Å². The summed E-state index contributed by atoms with van der Waals surface area (Å²) in [5, 5.41) is 0. The van der Waals surface area contributed by atoms with E-state index in [-0.39, 0.29) is 17.0 Å². The summed E-state index contributed by atoms with van der Waals surface area (Å²) in [4.78, 5) is 15.9. The molecule has 0 saturated heterocycles. The van der Waals surface area contributed by atoms with Crippen LogP contribution in [-0.2, 0) is 5.41 Å². The smallest absolute Gasteiger partial charge is 0.253 e. The Morgan fingerprint density at radius 3 is 2.29 bits per heavy atom. The van der Waals surface area contributed by atoms with Gasteiger partial charge in [0, 0.05) is 17.5 Å². The Hall–Kier alpha value is -1.12. The fourth-order valence-electron chi connectivity index (χ4n) is 1.21. The molecule has 0 aliphatic carbocycles. The molecule has 0 bridgehead atoms. The van der Waals surface area contributed by atoms with Gasteiger partial charge in [0.15, 0.2) is 0 Å². The first-order chi connectivity index (χ1) is 6.32. The average molecular weight is 194 g/mol. The van der Waals surface area contributed by atoms with Gasteiger partial charge in [0.05, 0.1) is 12.0 Å². The molecular formula is C11H18N2O. The lowest BCUT2D eigenvalue weighted by molar-refractivity contribution is 0.529. The van der Waals surface area contributed by atoms with Crippen LogP contribution in [0.15, 0.2) is 17.2 Å². The Morgan fingerprint density at radius 1 is 1.36 bits per heavy atom. The van der Waals surface area contributed by atoms with E-state index in [1.807, 2.05) is 13.8 Å². The predicted octanol–water partition coefficient (Wildman–Crippen LogP) is 2.12. The van der Waals surface area contributed by atoms with Crippen molar-refractivity contribution in [3.05, 3.63) is 28.4 Å². The van der Waals surface area contributed by atoms with E-state index in [9.17, 15) is 4.79 Å². The van der Waals surface area contributed by atoms with E-state index >= 15 is 0 Å². The molecule has 0 aromatic carbocycles. The first-order valence-electron chi connectivity index (χ1n) is 4.91. The topological polar surface area (TPSA) is 34.9 Å². The molecule has 0 unspecified atom stereocenters. The van der Waals surface area contributed by atoms with Crippen molar-refractivity contribution in [2.75, 3.05) is 0 Å². The third-order valence-electron chi connectivity index (χ3n) is 2.16. The summed E-state index contributed by atoms with van der Waals surface area (Å²) in [6.07, 6.45) is 1.63. The van der Waals surface area contributed by atoms with Gasteiger partial charge in [0.25, 0.3) is 5.56 Å². The van der Waals surface area contributed by atoms with Crippen LogP contribution in [0.1, 0.15) is 46.4 Å². The first-order valence-corrected chi connectivity index (χ1v) is 4.91. The molecule has 1 aromatic heterocycles. The van der Waals surface area contributed by atoms with E-state index < -0.39 is 0 Å². The SMILES string of the molecule is CC(C)n1cnc(C(C)(C)C)cc1=O. The largest absolute Gasteiger partial charge is 0.297 e. The predicted molar refractivity (Wildman–Crippen MR) is 57.6 cm³/mol. The van der Waals surface area contributed by atoms with Crippen LogP contribution < -0.4 is 5.56 Å². The monoisotopic (exact) mass is 194 g/mol. The van der Waals surface area contributed by atoms with Crippen molar-refractivity contribution in [3.8, 4) is 0 Å². The molecule has 78 valence electrons. The molecule has 0 N–H and O–H groups in total. The maximum atomic E-state index is 11.7. The first kappa shape index (κ1) is 11.0. The van der Waals surface area contributed by atoms with Gasteiger partial charge in [-0.05, 0) is 13.8 Å². The number of hydrogen-bond acceptors (Lipinski definition) is 2. The zero-order valence-electron chi connectivity index (χ0n) is 9.53. The highest BCUT2D eigenvalue weighted by atomic mass is 16.1. The zero-order chi connectivity index (χ0) is 10.9. The molecular weight excluding hydrogens is 176 g/mol. The average Bonchev–Trinajstić information content (AvgIpc) is 2.01. The third-order valence-corrected chi connectivity index (χ3v) is 2.16. The van der Waals surface area contributed by atoms with Gasteiger partial charge in [-0.2, -0.15) is 0 Å². The minimum atomic E-state index is -0.0603. The molecule has 3 nitrogen and oxygen atoms in total. The Bertz CT molecular complexity index is 372. The van der Waals surface area contributed by atoms with Crippen LogP contribution in [0.5, 0.6) is 0 Å². The van der Waals surface area contributed by atoms with E-state index in [0.29, 0.717) is 0 Å². The van der Waals surface area contributed by atoms with Crippen LogP contribution in [0.3, 0.4) is 0 Å². The summed E-state index contributed by atoms with van der Waals surface area (Å²) in [5.74, 6) is 0. The molecule has 1 aromatic rings. The van der Waals surface area contributed by atoms with Crippen molar-refractivity contribution in [1.82, 2.24) is 9.55 Å². The highest BCUT2D eigenvalue weighted by Crippen LogP contribution is 2.17. The minimum Gasteiger partial charge on any atom is -0.297 e. The van der Waals surface area contributed by atoms with Crippen molar-refractivity contribution < 1.29 is 0 Å². The van der Waals surface area contributed by atoms with Crippen LogP contribution >= 0.6 is 0 Å². The van der Waals surface area contributed by atoms with Crippen molar-refractivity contribution >= 4 is 0 Å². The fraction of sp³-hybridized carbons (Fsp3) is 0.636. The maximum absolute atomic E-state index is 11.7. The maximum Gasteiger partial charge on any atom is 0.253 e. The quantitative estimate of drug-likeness (QED) is 0.686. The summed E-state index contributed by atoms with van der Waals surface area (Å²) >= 11 is 0. The number of nitrogens with zero attached hydrogens (tertiary/aromatic N) is 2. The van der Waals surface area contributed by atoms with E-state index in [1.165, 1.54) is 0 Å². The molecule has 1 heterocycles. The van der Waals surface area contributed by atoms with Crippen LogP contribution in [0.2, 0.25) is 0 Å². The third kappa shape index (κ3) is 2.22. The molecule has 0 aliphatic heterocycles. The number of rotatable bonds is 1. The van der Waals surface area contributed by atoms with Gasteiger partial charge >= 0.3 is 0 Å². The van der Waals surface area contributed by atoms with Crippen molar-refractivity contribution in [2.45, 2.75) is 46.1 Å². The van der Waals surface area contributed by atoms with Crippen LogP contribution in [0, 0.1) is 0 Å². The van der Waals surface area contributed by atoms with Crippen LogP contribution in [-0.4, -0.2) is 9.55 Å². The van der Waals surface area contributed by atoms with Gasteiger partial charge in [0.2, 0.25) is 0 Å². The number of aromatic nitrogens is 2. The second-order valence-corrected chi connectivity index (χ2v) is 4.86. The molecule has 0 atom stereocenters. The molecule has 0 fully saturated rings. The second-order valence-electron chi connectivity index (χ2n) is 4.86. The normalized spacial score (nSPS) is 12.1. The highest BCUT2D eigenvalue weighted by Gasteiger charge is 2.16. The summed E-state index contributed by atoms with van der Waals surface area (Å²) in [6.45, 7) is 10.1. The zero-order valence-corrected chi connectivity index (χ0v) is 9.53. The molecule has 0 saturated carbocycles. The summed E-state index contributed by atoms with van der Waals surface area (Å²) in [5.41, 5.74) is 0.814. The molecule has 1 rings (SSSR count). The highest BCUT2D eigenvalue weighted by molar-refractivity contribution is 5.10. The van der Waals surface area contributed by atoms with Crippen molar-refractivity contribution in [3.63, 3.8) is 0 Å². The van der Waals surface area contributed by atoms with E-state index in [2.05, 4.69) is 25.8 Å². The van der Waals surface area contributed by atoms with Gasteiger partial charge in [-0.1, -0.05) is 20.8 Å². The van der Waals surface area contributed by atoms with Crippen molar-refractivity contribution in [1.29, 1.82) is 0 Å². The van der Waals surface area contributed by atoms with Gasteiger partial charge in [0.1, 0.15) is 0 Å². The van der Waals surface area contributed by atoms with Gasteiger partial charge in [-0.3, -0.25) is 9.36 Å². The fourth-order valence-corrected chi connectivity index (χ4v) is 1.21. The lowest BCUT2D eigenvalue weighted by Crippen LogP contribution is -2.25. The van der Waals surface area contributed by atoms with Crippen LogP contribution in [0.25, 0.3) is 0 Å². The Morgan fingerprint density at radius 2 is 1.93 bits per heavy atom. The summed E-state index contributed by atoms with van der Waals surface area (Å²) in [7, 11) is 0. The lowest BCUT2D eigenvalue weighted by atomic mass is 9.92. The number of hydrogen-bond donors (Lipinski definition) is 0. The molecule has 3 heteroatoms. The Kier molecular flexibility index (Phi) is 2.79. The van der Waals surface area contributed by atoms with Gasteiger partial charge in [-0.25, -0.2) is 4.98 Å². The standard InChI is InChI=1S/C11H18N2O/c1-8(2)13-7-12-9(6-10(13)14)11(3,4)5/h6-8H,1-5H3. The second kappa shape index (κ2) is 3.56. The minimum absolute atomic E-state index is 0.0277. The summed E-state index contributed by atoms with van der Waals surface area (Å²) < 4.78 is 1.63. The molecule has 0 aliphatic rings. The molecule has 0 amide bonds.